The summed E-state index contributed by atoms with van der Waals surface area (Å²) < 4.78 is 1.59. The minimum atomic E-state index is -0.596. The number of hydrogen-bond donors (Lipinski definition) is 3. The summed E-state index contributed by atoms with van der Waals surface area (Å²) in [6.07, 6.45) is 1.28. The lowest BCUT2D eigenvalue weighted by Crippen LogP contribution is -2.49. The van der Waals surface area contributed by atoms with Crippen molar-refractivity contribution < 1.29 is 19.5 Å². The van der Waals surface area contributed by atoms with Crippen LogP contribution in [0.25, 0.3) is 10.9 Å². The Labute approximate surface area is 221 Å². The summed E-state index contributed by atoms with van der Waals surface area (Å²) in [6.45, 7) is 2.10. The summed E-state index contributed by atoms with van der Waals surface area (Å²) >= 11 is 10.1. The number of carbonyl (C=O) groups is 3. The van der Waals surface area contributed by atoms with Crippen molar-refractivity contribution in [3.63, 3.8) is 0 Å². The van der Waals surface area contributed by atoms with E-state index in [0.29, 0.717) is 63.4 Å². The molecule has 0 saturated carbocycles. The number of aliphatic hydroxyl groups is 1. The van der Waals surface area contributed by atoms with E-state index in [1.807, 2.05) is 0 Å². The van der Waals surface area contributed by atoms with Gasteiger partial charge in [-0.2, -0.15) is 12.6 Å². The lowest BCUT2D eigenvalue weighted by Gasteiger charge is -2.25. The van der Waals surface area contributed by atoms with E-state index in [1.165, 1.54) is 0 Å². The molecule has 1 fully saturated rings. The van der Waals surface area contributed by atoms with Crippen LogP contribution in [0.15, 0.2) is 42.5 Å². The summed E-state index contributed by atoms with van der Waals surface area (Å²) in [5.41, 5.74) is 3.09. The standard InChI is InChI=1S/C26H27BClN3O4S/c1-15-19(12-24(33)30-10-2-3-22(30)25(34)29-23(27)14-36)20-11-16(13-32)4-9-21(20)31(15)26(35)17-5-7-18(28)8-6-17/h4-9,11,22-23,32,36H,2-3,10,12-14H2,1H3,(H,29,34). The van der Waals surface area contributed by atoms with Gasteiger partial charge >= 0.3 is 0 Å². The molecule has 2 heterocycles. The number of likely N-dealkylation sites (tertiary alicyclic amines) is 1. The lowest BCUT2D eigenvalue weighted by molar-refractivity contribution is -0.138. The zero-order chi connectivity index (χ0) is 26.0. The number of carbonyl (C=O) groups excluding carboxylic acids is 3. The predicted molar refractivity (Wildman–Crippen MR) is 144 cm³/mol. The third kappa shape index (κ3) is 5.19. The van der Waals surface area contributed by atoms with E-state index in [4.69, 9.17) is 19.4 Å². The van der Waals surface area contributed by atoms with Gasteiger partial charge in [-0.3, -0.25) is 19.0 Å². The Morgan fingerprint density at radius 1 is 1.22 bits per heavy atom. The van der Waals surface area contributed by atoms with Gasteiger partial charge in [-0.15, -0.1) is 0 Å². The van der Waals surface area contributed by atoms with Gasteiger partial charge in [-0.1, -0.05) is 17.7 Å². The number of rotatable bonds is 7. The molecule has 3 aromatic rings. The normalized spacial score (nSPS) is 16.3. The highest BCUT2D eigenvalue weighted by Crippen LogP contribution is 2.30. The molecule has 4 rings (SSSR count). The molecule has 2 atom stereocenters. The number of thiol groups is 1. The first-order chi connectivity index (χ1) is 17.2. The minimum Gasteiger partial charge on any atom is -0.392 e. The highest BCUT2D eigenvalue weighted by Gasteiger charge is 2.35. The second kappa shape index (κ2) is 11.1. The number of fused-ring (bicyclic) bond motifs is 1. The largest absolute Gasteiger partial charge is 0.392 e. The van der Waals surface area contributed by atoms with Crippen LogP contribution in [0, 0.1) is 6.92 Å². The summed E-state index contributed by atoms with van der Waals surface area (Å²) in [4.78, 5) is 41.2. The molecule has 1 aromatic heterocycles. The molecule has 1 saturated heterocycles. The van der Waals surface area contributed by atoms with Crippen LogP contribution in [0.2, 0.25) is 5.02 Å². The number of nitrogens with one attached hydrogen (secondary N) is 1. The first-order valence-corrected chi connectivity index (χ1v) is 12.8. The molecule has 7 nitrogen and oxygen atoms in total. The first kappa shape index (κ1) is 26.3. The Morgan fingerprint density at radius 3 is 2.61 bits per heavy atom. The van der Waals surface area contributed by atoms with E-state index in [1.54, 1.807) is 58.9 Å². The summed E-state index contributed by atoms with van der Waals surface area (Å²) in [5.74, 6) is -1.04. The van der Waals surface area contributed by atoms with E-state index in [9.17, 15) is 19.5 Å². The average molecular weight is 524 g/mol. The van der Waals surface area contributed by atoms with Gasteiger partial charge in [-0.25, -0.2) is 0 Å². The van der Waals surface area contributed by atoms with Gasteiger partial charge in [0.1, 0.15) is 6.04 Å². The fraction of sp³-hybridized carbons (Fsp3) is 0.346. The Hall–Kier alpha value is -2.75. The van der Waals surface area contributed by atoms with Crippen LogP contribution < -0.4 is 5.32 Å². The molecule has 2 unspecified atom stereocenters. The van der Waals surface area contributed by atoms with Crippen LogP contribution in [-0.2, 0) is 22.6 Å². The van der Waals surface area contributed by atoms with Crippen molar-refractivity contribution in [2.24, 2.45) is 0 Å². The topological polar surface area (TPSA) is 91.6 Å². The maximum atomic E-state index is 13.5. The van der Waals surface area contributed by atoms with Crippen LogP contribution in [0.3, 0.4) is 0 Å². The molecule has 186 valence electrons. The predicted octanol–water partition coefficient (Wildman–Crippen LogP) is 2.86. The number of aromatic nitrogens is 1. The van der Waals surface area contributed by atoms with E-state index >= 15 is 0 Å². The van der Waals surface area contributed by atoms with Gasteiger partial charge in [0.05, 0.1) is 26.4 Å². The van der Waals surface area contributed by atoms with E-state index in [0.717, 1.165) is 0 Å². The first-order valence-electron chi connectivity index (χ1n) is 11.7. The molecule has 1 aliphatic heterocycles. The molecule has 36 heavy (non-hydrogen) atoms. The van der Waals surface area contributed by atoms with Crippen LogP contribution in [0.4, 0.5) is 0 Å². The Kier molecular flexibility index (Phi) is 8.12. The van der Waals surface area contributed by atoms with E-state index < -0.39 is 12.0 Å². The number of aliphatic hydroxyl groups excluding tert-OH is 1. The Balaban J connectivity index is 1.70. The quantitative estimate of drug-likeness (QED) is 0.328. The fourth-order valence-electron chi connectivity index (χ4n) is 4.75. The van der Waals surface area contributed by atoms with Crippen molar-refractivity contribution in [3.8, 4) is 0 Å². The Bertz CT molecular complexity index is 1310. The zero-order valence-corrected chi connectivity index (χ0v) is 21.6. The summed E-state index contributed by atoms with van der Waals surface area (Å²) in [5, 5.41) is 13.6. The van der Waals surface area contributed by atoms with Crippen molar-refractivity contribution in [2.45, 2.75) is 44.8 Å². The van der Waals surface area contributed by atoms with Gasteiger partial charge < -0.3 is 15.3 Å². The van der Waals surface area contributed by atoms with Gasteiger partial charge in [0.2, 0.25) is 11.8 Å². The van der Waals surface area contributed by atoms with Crippen LogP contribution in [0.5, 0.6) is 0 Å². The number of amides is 2. The third-order valence-corrected chi connectivity index (χ3v) is 7.25. The molecule has 0 spiro atoms. The van der Waals surface area contributed by atoms with Gasteiger partial charge in [0.25, 0.3) is 5.91 Å². The minimum absolute atomic E-state index is 0.0144. The molecule has 2 radical (unpaired) electrons. The van der Waals surface area contributed by atoms with Crippen LogP contribution in [0.1, 0.15) is 40.0 Å². The van der Waals surface area contributed by atoms with Crippen molar-refractivity contribution in [1.82, 2.24) is 14.8 Å². The molecule has 2 N–H and O–H groups in total. The Morgan fingerprint density at radius 2 is 1.94 bits per heavy atom. The SMILES string of the molecule is [B]C(CS)NC(=O)C1CCCN1C(=O)Cc1c(C)n(C(=O)c2ccc(Cl)cc2)c2ccc(CO)cc12. The van der Waals surface area contributed by atoms with Gasteiger partial charge in [0.15, 0.2) is 0 Å². The number of benzene rings is 2. The molecule has 2 aromatic carbocycles. The summed E-state index contributed by atoms with van der Waals surface area (Å²) in [7, 11) is 5.81. The van der Waals surface area contributed by atoms with Crippen molar-refractivity contribution in [2.75, 3.05) is 12.3 Å². The molecular formula is C26H27BClN3O4S. The zero-order valence-electron chi connectivity index (χ0n) is 19.9. The molecule has 1 aliphatic rings. The molecule has 0 bridgehead atoms. The van der Waals surface area contributed by atoms with Gasteiger partial charge in [0, 0.05) is 34.0 Å². The van der Waals surface area contributed by atoms with Gasteiger partial charge in [-0.05, 0) is 73.2 Å². The molecule has 10 heteroatoms. The third-order valence-electron chi connectivity index (χ3n) is 6.60. The molecule has 0 aliphatic carbocycles. The second-order valence-corrected chi connectivity index (χ2v) is 9.74. The second-order valence-electron chi connectivity index (χ2n) is 8.94. The number of nitrogens with zero attached hydrogens (tertiary/aromatic N) is 2. The van der Waals surface area contributed by atoms with Crippen LogP contribution in [-0.4, -0.2) is 64.4 Å². The van der Waals surface area contributed by atoms with Crippen molar-refractivity contribution >= 4 is 60.7 Å². The van der Waals surface area contributed by atoms with E-state index in [2.05, 4.69) is 17.9 Å². The summed E-state index contributed by atoms with van der Waals surface area (Å²) in [6, 6.07) is 11.4. The fourth-order valence-corrected chi connectivity index (χ4v) is 4.97. The van der Waals surface area contributed by atoms with Crippen molar-refractivity contribution in [3.05, 3.63) is 69.9 Å². The number of halogens is 1. The average Bonchev–Trinajstić information content (AvgIpc) is 3.47. The maximum Gasteiger partial charge on any atom is 0.262 e. The smallest absolute Gasteiger partial charge is 0.262 e. The maximum absolute atomic E-state index is 13.5. The monoisotopic (exact) mass is 523 g/mol. The number of hydrogen-bond acceptors (Lipinski definition) is 5. The lowest BCUT2D eigenvalue weighted by atomic mass is 9.98. The van der Waals surface area contributed by atoms with Crippen molar-refractivity contribution in [1.29, 1.82) is 0 Å². The highest BCUT2D eigenvalue weighted by molar-refractivity contribution is 7.80. The molecule has 2 amide bonds. The molecular weight excluding hydrogens is 497 g/mol. The van der Waals surface area contributed by atoms with E-state index in [-0.39, 0.29) is 30.7 Å². The highest BCUT2D eigenvalue weighted by atomic mass is 35.5. The van der Waals surface area contributed by atoms with Crippen LogP contribution >= 0.6 is 24.2 Å².